The summed E-state index contributed by atoms with van der Waals surface area (Å²) in [5.41, 5.74) is 0.945. The number of benzene rings is 1. The number of nitrogens with zero attached hydrogens (tertiary/aromatic N) is 1. The quantitative estimate of drug-likeness (QED) is 0.867. The van der Waals surface area contributed by atoms with Crippen LogP contribution in [-0.4, -0.2) is 48.1 Å². The van der Waals surface area contributed by atoms with Crippen LogP contribution in [0.4, 0.5) is 0 Å². The molecule has 1 aliphatic rings. The molecule has 23 heavy (non-hydrogen) atoms. The number of carboxylic acid groups (broad SMARTS) is 1. The molecule has 2 N–H and O–H groups in total. The lowest BCUT2D eigenvalue weighted by molar-refractivity contribution is -0.147. The molecule has 1 aromatic rings. The smallest absolute Gasteiger partial charge is 0.310 e. The monoisotopic (exact) mass is 341 g/mol. The third kappa shape index (κ3) is 3.73. The Morgan fingerprint density at radius 1 is 1.22 bits per heavy atom. The Hall–Kier alpha value is -1.44. The van der Waals surface area contributed by atoms with Crippen LogP contribution in [0.1, 0.15) is 32.8 Å². The van der Waals surface area contributed by atoms with Gasteiger partial charge in [-0.3, -0.25) is 4.79 Å². The number of carbonyl (C=O) groups is 1. The van der Waals surface area contributed by atoms with Crippen LogP contribution in [0.15, 0.2) is 29.2 Å². The average Bonchev–Trinajstić information content (AvgIpc) is 2.46. The van der Waals surface area contributed by atoms with Crippen molar-refractivity contribution in [2.45, 2.75) is 43.6 Å². The third-order valence-corrected chi connectivity index (χ3v) is 6.09. The van der Waals surface area contributed by atoms with Crippen LogP contribution >= 0.6 is 0 Å². The number of aliphatic hydroxyl groups is 1. The minimum absolute atomic E-state index is 0.0775. The first-order chi connectivity index (χ1) is 10.5. The van der Waals surface area contributed by atoms with E-state index in [4.69, 9.17) is 5.11 Å². The van der Waals surface area contributed by atoms with E-state index in [-0.39, 0.29) is 29.8 Å². The molecular formula is C16H23NO5S. The summed E-state index contributed by atoms with van der Waals surface area (Å²) < 4.78 is 26.5. The van der Waals surface area contributed by atoms with E-state index in [1.165, 1.54) is 0 Å². The molecule has 7 heteroatoms. The number of piperidine rings is 1. The molecule has 0 aromatic heterocycles. The van der Waals surface area contributed by atoms with E-state index in [2.05, 4.69) is 0 Å². The maximum absolute atomic E-state index is 12.7. The van der Waals surface area contributed by atoms with Gasteiger partial charge in [-0.25, -0.2) is 8.42 Å². The fourth-order valence-electron chi connectivity index (χ4n) is 2.65. The molecule has 1 fully saturated rings. The summed E-state index contributed by atoms with van der Waals surface area (Å²) in [7, 11) is -3.76. The molecule has 1 heterocycles. The van der Waals surface area contributed by atoms with E-state index < -0.39 is 28.0 Å². The predicted molar refractivity (Wildman–Crippen MR) is 85.7 cm³/mol. The third-order valence-electron chi connectivity index (χ3n) is 4.21. The highest BCUT2D eigenvalue weighted by molar-refractivity contribution is 7.89. The Morgan fingerprint density at radius 2 is 1.78 bits per heavy atom. The summed E-state index contributed by atoms with van der Waals surface area (Å²) >= 11 is 0. The number of hydrogen-bond donors (Lipinski definition) is 2. The van der Waals surface area contributed by atoms with E-state index in [1.807, 2.05) is 20.8 Å². The van der Waals surface area contributed by atoms with Crippen molar-refractivity contribution in [1.82, 2.24) is 4.31 Å². The molecular weight excluding hydrogens is 318 g/mol. The van der Waals surface area contributed by atoms with Crippen LogP contribution in [0, 0.1) is 5.92 Å². The minimum Gasteiger partial charge on any atom is -0.481 e. The van der Waals surface area contributed by atoms with Crippen molar-refractivity contribution in [1.29, 1.82) is 0 Å². The topological polar surface area (TPSA) is 94.9 Å². The predicted octanol–water partition coefficient (Wildman–Crippen LogP) is 1.44. The molecule has 0 saturated carbocycles. The second-order valence-corrected chi connectivity index (χ2v) is 8.88. The highest BCUT2D eigenvalue weighted by Gasteiger charge is 2.38. The molecule has 0 bridgehead atoms. The zero-order chi connectivity index (χ0) is 17.4. The highest BCUT2D eigenvalue weighted by Crippen LogP contribution is 2.27. The van der Waals surface area contributed by atoms with Crippen molar-refractivity contribution in [3.05, 3.63) is 29.8 Å². The number of aliphatic carboxylic acids is 1. The minimum atomic E-state index is -3.76. The van der Waals surface area contributed by atoms with Crippen molar-refractivity contribution in [3.8, 4) is 0 Å². The Bertz CT molecular complexity index is 675. The van der Waals surface area contributed by atoms with Crippen molar-refractivity contribution in [3.63, 3.8) is 0 Å². The van der Waals surface area contributed by atoms with Crippen molar-refractivity contribution < 1.29 is 23.4 Å². The first-order valence-corrected chi connectivity index (χ1v) is 8.99. The van der Waals surface area contributed by atoms with Gasteiger partial charge in [0.15, 0.2) is 0 Å². The van der Waals surface area contributed by atoms with Gasteiger partial charge in [0, 0.05) is 13.1 Å². The first kappa shape index (κ1) is 17.9. The van der Waals surface area contributed by atoms with E-state index in [1.54, 1.807) is 24.3 Å². The zero-order valence-corrected chi connectivity index (χ0v) is 14.4. The van der Waals surface area contributed by atoms with E-state index in [0.29, 0.717) is 0 Å². The zero-order valence-electron chi connectivity index (χ0n) is 13.6. The number of aliphatic hydroxyl groups excluding tert-OH is 1. The highest BCUT2D eigenvalue weighted by atomic mass is 32.2. The van der Waals surface area contributed by atoms with E-state index in [0.717, 1.165) is 9.87 Å². The number of hydrogen-bond acceptors (Lipinski definition) is 4. The molecule has 0 spiro atoms. The van der Waals surface area contributed by atoms with E-state index >= 15 is 0 Å². The second kappa shape index (κ2) is 6.22. The Balaban J connectivity index is 2.26. The van der Waals surface area contributed by atoms with Crippen LogP contribution in [0.3, 0.4) is 0 Å². The van der Waals surface area contributed by atoms with Gasteiger partial charge in [0.05, 0.1) is 16.9 Å². The molecule has 2 rings (SSSR count). The maximum atomic E-state index is 12.7. The largest absolute Gasteiger partial charge is 0.481 e. The number of carboxylic acids is 1. The van der Waals surface area contributed by atoms with Crippen molar-refractivity contribution in [2.24, 2.45) is 5.92 Å². The molecule has 0 aliphatic carbocycles. The number of rotatable bonds is 3. The molecule has 0 unspecified atom stereocenters. The summed E-state index contributed by atoms with van der Waals surface area (Å²) in [5.74, 6) is -2.27. The lowest BCUT2D eigenvalue weighted by atomic mass is 9.87. The normalized spacial score (nSPS) is 23.7. The first-order valence-electron chi connectivity index (χ1n) is 7.55. The standard InChI is InChI=1S/C16H23NO5S/c1-16(2,3)11-4-6-12(7-5-11)23(21,22)17-9-8-14(18)13(10-17)15(19)20/h4-7,13-14,18H,8-10H2,1-3H3,(H,19,20)/t13-,14-/m0/s1. The van der Waals surface area contributed by atoms with Crippen molar-refractivity contribution in [2.75, 3.05) is 13.1 Å². The lowest BCUT2D eigenvalue weighted by Gasteiger charge is -2.33. The van der Waals surface area contributed by atoms with Gasteiger partial charge in [-0.15, -0.1) is 0 Å². The van der Waals surface area contributed by atoms with Gasteiger partial charge >= 0.3 is 5.97 Å². The molecule has 1 aromatic carbocycles. The molecule has 2 atom stereocenters. The van der Waals surface area contributed by atoms with Crippen LogP contribution < -0.4 is 0 Å². The van der Waals surface area contributed by atoms with Gasteiger partial charge in [0.2, 0.25) is 10.0 Å². The Kier molecular flexibility index (Phi) is 4.84. The van der Waals surface area contributed by atoms with Crippen LogP contribution in [0.25, 0.3) is 0 Å². The lowest BCUT2D eigenvalue weighted by Crippen LogP contribution is -2.48. The Labute approximate surface area is 136 Å². The van der Waals surface area contributed by atoms with Gasteiger partial charge in [-0.2, -0.15) is 4.31 Å². The SMILES string of the molecule is CC(C)(C)c1ccc(S(=O)(=O)N2CC[C@H](O)[C@@H](C(=O)O)C2)cc1. The maximum Gasteiger partial charge on any atom is 0.310 e. The fourth-order valence-corrected chi connectivity index (χ4v) is 4.13. The summed E-state index contributed by atoms with van der Waals surface area (Å²) in [5, 5.41) is 18.8. The summed E-state index contributed by atoms with van der Waals surface area (Å²) in [6.45, 7) is 6.04. The van der Waals surface area contributed by atoms with E-state index in [9.17, 15) is 18.3 Å². The van der Waals surface area contributed by atoms with Gasteiger partial charge in [-0.05, 0) is 29.5 Å². The average molecular weight is 341 g/mol. The molecule has 1 aliphatic heterocycles. The van der Waals surface area contributed by atoms with Crippen LogP contribution in [-0.2, 0) is 20.2 Å². The van der Waals surface area contributed by atoms with Gasteiger partial charge in [-0.1, -0.05) is 32.9 Å². The summed E-state index contributed by atoms with van der Waals surface area (Å²) in [4.78, 5) is 11.3. The van der Waals surface area contributed by atoms with Crippen LogP contribution in [0.2, 0.25) is 0 Å². The van der Waals surface area contributed by atoms with Gasteiger partial charge in [0.1, 0.15) is 0 Å². The second-order valence-electron chi connectivity index (χ2n) is 6.94. The molecule has 0 radical (unpaired) electrons. The van der Waals surface area contributed by atoms with Gasteiger partial charge < -0.3 is 10.2 Å². The molecule has 128 valence electrons. The molecule has 6 nitrogen and oxygen atoms in total. The van der Waals surface area contributed by atoms with Crippen molar-refractivity contribution >= 4 is 16.0 Å². The summed E-state index contributed by atoms with van der Waals surface area (Å²) in [6, 6.07) is 6.66. The Morgan fingerprint density at radius 3 is 2.26 bits per heavy atom. The fraction of sp³-hybridized carbons (Fsp3) is 0.562. The van der Waals surface area contributed by atoms with Crippen LogP contribution in [0.5, 0.6) is 0 Å². The summed E-state index contributed by atoms with van der Waals surface area (Å²) in [6.07, 6.45) is -0.891. The van der Waals surface area contributed by atoms with Gasteiger partial charge in [0.25, 0.3) is 0 Å². The molecule has 0 amide bonds. The number of sulfonamides is 1. The molecule has 1 saturated heterocycles.